The largest absolute Gasteiger partial charge is 0.349 e. The van der Waals surface area contributed by atoms with E-state index in [4.69, 9.17) is 69.6 Å². The van der Waals surface area contributed by atoms with Gasteiger partial charge in [0.1, 0.15) is 8.67 Å². The van der Waals surface area contributed by atoms with Crippen LogP contribution in [0.2, 0.25) is 10.0 Å². The van der Waals surface area contributed by atoms with Crippen LogP contribution in [-0.4, -0.2) is 20.5 Å². The Labute approximate surface area is 301 Å². The summed E-state index contributed by atoms with van der Waals surface area (Å²) in [5.41, 5.74) is 0.627. The lowest BCUT2D eigenvalue weighted by Crippen LogP contribution is -2.36. The average molecular weight is 754 g/mol. The van der Waals surface area contributed by atoms with Crippen LogP contribution >= 0.6 is 96.6 Å². The Kier molecular flexibility index (Phi) is 16.0. The molecule has 2 N–H and O–H groups in total. The first-order valence-electron chi connectivity index (χ1n) is 13.4. The van der Waals surface area contributed by atoms with Crippen molar-refractivity contribution in [2.45, 2.75) is 82.6 Å². The molecule has 0 aromatic heterocycles. The van der Waals surface area contributed by atoms with Gasteiger partial charge in [0, 0.05) is 21.9 Å². The van der Waals surface area contributed by atoms with E-state index in [1.54, 1.807) is 0 Å². The van der Waals surface area contributed by atoms with E-state index < -0.39 is 19.5 Å². The molecule has 2 aliphatic carbocycles. The molecule has 0 saturated heterocycles. The second kappa shape index (κ2) is 16.1. The summed E-state index contributed by atoms with van der Waals surface area (Å²) in [6.45, 7) is 11.6. The molecule has 0 radical (unpaired) electrons. The van der Waals surface area contributed by atoms with Crippen LogP contribution in [-0.2, 0) is 9.59 Å². The SMILES string of the molecule is C.CC[C@@]1(C(=O)N[C@@H](C)c2ccc(Cl)cc2)[C@@H](C)C1(Cl)Cl.CC[C@]1(C(=O)N[C@@H](C)c2ccc(Cl)cc2)[C@H](C)C1(Cl)Cl.S.S. The Morgan fingerprint density at radius 3 is 1.09 bits per heavy atom. The number of amides is 2. The van der Waals surface area contributed by atoms with E-state index in [0.29, 0.717) is 22.9 Å². The molecule has 0 heterocycles. The minimum Gasteiger partial charge on any atom is -0.349 e. The Morgan fingerprint density at radius 2 is 0.907 bits per heavy atom. The molecule has 2 fully saturated rings. The van der Waals surface area contributed by atoms with Gasteiger partial charge in [-0.05, 0) is 62.1 Å². The van der Waals surface area contributed by atoms with Crippen molar-refractivity contribution < 1.29 is 9.59 Å². The average Bonchev–Trinajstić information content (AvgIpc) is 3.57. The summed E-state index contributed by atoms with van der Waals surface area (Å²) < 4.78 is -1.93. The van der Waals surface area contributed by atoms with Gasteiger partial charge in [-0.2, -0.15) is 27.0 Å². The fourth-order valence-electron chi connectivity index (χ4n) is 5.70. The van der Waals surface area contributed by atoms with E-state index >= 15 is 0 Å². The van der Waals surface area contributed by atoms with Crippen LogP contribution in [0.15, 0.2) is 48.5 Å². The third-order valence-electron chi connectivity index (χ3n) is 8.95. The molecule has 0 aliphatic heterocycles. The van der Waals surface area contributed by atoms with Crippen LogP contribution in [0.1, 0.15) is 85.0 Å². The van der Waals surface area contributed by atoms with E-state index in [2.05, 4.69) is 10.6 Å². The van der Waals surface area contributed by atoms with Gasteiger partial charge in [-0.3, -0.25) is 9.59 Å². The maximum Gasteiger partial charge on any atom is 0.230 e. The van der Waals surface area contributed by atoms with Crippen molar-refractivity contribution in [3.8, 4) is 0 Å². The first-order chi connectivity index (χ1) is 18.5. The number of carbonyl (C=O) groups is 2. The van der Waals surface area contributed by atoms with Crippen molar-refractivity contribution in [1.82, 2.24) is 10.6 Å². The van der Waals surface area contributed by atoms with Gasteiger partial charge in [-0.25, -0.2) is 0 Å². The molecule has 244 valence electrons. The number of carbonyl (C=O) groups excluding carboxylic acids is 2. The first-order valence-corrected chi connectivity index (χ1v) is 15.7. The molecule has 2 amide bonds. The Bertz CT molecular complexity index is 1140. The zero-order valence-electron chi connectivity index (χ0n) is 24.4. The van der Waals surface area contributed by atoms with Gasteiger partial charge in [0.05, 0.1) is 22.9 Å². The molecular formula is C31H44Cl6N2O2S2. The number of hydrogen-bond donors (Lipinski definition) is 2. The van der Waals surface area contributed by atoms with Crippen LogP contribution in [0, 0.1) is 22.7 Å². The molecule has 2 aromatic carbocycles. The number of rotatable bonds is 8. The zero-order valence-corrected chi connectivity index (χ0v) is 31.0. The highest BCUT2D eigenvalue weighted by molar-refractivity contribution is 7.59. The molecule has 0 bridgehead atoms. The molecular weight excluding hydrogens is 709 g/mol. The maximum atomic E-state index is 12.5. The van der Waals surface area contributed by atoms with E-state index in [-0.39, 0.29) is 70.2 Å². The number of alkyl halides is 4. The lowest BCUT2D eigenvalue weighted by atomic mass is 9.98. The van der Waals surface area contributed by atoms with E-state index in [1.165, 1.54) is 0 Å². The van der Waals surface area contributed by atoms with Crippen molar-refractivity contribution in [2.24, 2.45) is 22.7 Å². The van der Waals surface area contributed by atoms with E-state index in [9.17, 15) is 9.59 Å². The van der Waals surface area contributed by atoms with E-state index in [1.807, 2.05) is 90.1 Å². The Morgan fingerprint density at radius 1 is 0.674 bits per heavy atom. The van der Waals surface area contributed by atoms with Crippen molar-refractivity contribution >= 4 is 108 Å². The van der Waals surface area contributed by atoms with E-state index in [0.717, 1.165) is 11.1 Å². The van der Waals surface area contributed by atoms with Crippen LogP contribution in [0.3, 0.4) is 0 Å². The Hall–Kier alpha value is -0.180. The van der Waals surface area contributed by atoms with Gasteiger partial charge in [-0.1, -0.05) is 82.6 Å². The zero-order chi connectivity index (χ0) is 30.3. The molecule has 43 heavy (non-hydrogen) atoms. The number of nitrogens with one attached hydrogen (secondary N) is 2. The smallest absolute Gasteiger partial charge is 0.230 e. The monoisotopic (exact) mass is 750 g/mol. The van der Waals surface area contributed by atoms with Crippen molar-refractivity contribution in [2.75, 3.05) is 0 Å². The molecule has 0 unspecified atom stereocenters. The molecule has 12 heteroatoms. The minimum atomic E-state index is -0.967. The molecule has 2 aliphatic rings. The minimum absolute atomic E-state index is 0. The summed E-state index contributed by atoms with van der Waals surface area (Å²) in [4.78, 5) is 25.1. The third-order valence-corrected chi connectivity index (χ3v) is 12.1. The summed E-state index contributed by atoms with van der Waals surface area (Å²) in [7, 11) is 0. The van der Waals surface area contributed by atoms with Gasteiger partial charge in [0.25, 0.3) is 0 Å². The predicted molar refractivity (Wildman–Crippen MR) is 196 cm³/mol. The van der Waals surface area contributed by atoms with Crippen LogP contribution in [0.25, 0.3) is 0 Å². The number of halogens is 6. The normalized spacial score (nSPS) is 26.8. The van der Waals surface area contributed by atoms with Crippen LogP contribution in [0.4, 0.5) is 0 Å². The summed E-state index contributed by atoms with van der Waals surface area (Å²) in [6, 6.07) is 14.6. The summed E-state index contributed by atoms with van der Waals surface area (Å²) in [5.74, 6) is -0.249. The lowest BCUT2D eigenvalue weighted by molar-refractivity contribution is -0.128. The maximum absolute atomic E-state index is 12.5. The van der Waals surface area contributed by atoms with Crippen molar-refractivity contribution in [3.63, 3.8) is 0 Å². The van der Waals surface area contributed by atoms with Gasteiger partial charge >= 0.3 is 0 Å². The fourth-order valence-corrected chi connectivity index (χ4v) is 8.01. The highest BCUT2D eigenvalue weighted by atomic mass is 35.5. The highest BCUT2D eigenvalue weighted by Crippen LogP contribution is 2.71. The molecule has 2 aromatic rings. The molecule has 2 saturated carbocycles. The fraction of sp³-hybridized carbons (Fsp3) is 0.548. The molecule has 4 rings (SSSR count). The quantitative estimate of drug-likeness (QED) is 0.264. The van der Waals surface area contributed by atoms with Crippen molar-refractivity contribution in [3.05, 3.63) is 69.7 Å². The summed E-state index contributed by atoms with van der Waals surface area (Å²) in [5, 5.41) is 7.36. The second-order valence-electron chi connectivity index (χ2n) is 10.8. The summed E-state index contributed by atoms with van der Waals surface area (Å²) >= 11 is 36.7. The van der Waals surface area contributed by atoms with Crippen LogP contribution < -0.4 is 10.6 Å². The second-order valence-corrected chi connectivity index (χ2v) is 14.5. The van der Waals surface area contributed by atoms with Gasteiger partial charge < -0.3 is 10.6 Å². The van der Waals surface area contributed by atoms with Gasteiger partial charge in [0.15, 0.2) is 0 Å². The third kappa shape index (κ3) is 7.87. The summed E-state index contributed by atoms with van der Waals surface area (Å²) in [6.07, 6.45) is 1.25. The number of benzene rings is 2. The predicted octanol–water partition coefficient (Wildman–Crippen LogP) is 10.3. The Balaban J connectivity index is 0.000000767. The molecule has 6 atom stereocenters. The lowest BCUT2D eigenvalue weighted by Gasteiger charge is -2.21. The first kappa shape index (κ1) is 42.8. The molecule has 0 spiro atoms. The topological polar surface area (TPSA) is 58.2 Å². The van der Waals surface area contributed by atoms with Crippen molar-refractivity contribution in [1.29, 1.82) is 0 Å². The molecule has 4 nitrogen and oxygen atoms in total. The van der Waals surface area contributed by atoms with Gasteiger partial charge in [-0.15, -0.1) is 46.4 Å². The number of hydrogen-bond acceptors (Lipinski definition) is 2. The highest BCUT2D eigenvalue weighted by Gasteiger charge is 2.77. The standard InChI is InChI=1S/2C15H18Cl3NO.CH4.2H2S/c2*1-4-14(10(3)15(14,17)18)13(20)19-9(2)11-5-7-12(16)8-6-11;;;/h2*5-10H,4H2,1-3H3,(H,19,20);1H4;2*1H2/t9-,10+,14-;9-,10-,14+;;;/m00.../s1. The van der Waals surface area contributed by atoms with Gasteiger partial charge in [0.2, 0.25) is 11.8 Å². The van der Waals surface area contributed by atoms with Crippen LogP contribution in [0.5, 0.6) is 0 Å².